The Labute approximate surface area is 223 Å². The van der Waals surface area contributed by atoms with Crippen molar-refractivity contribution in [3.63, 3.8) is 0 Å². The molecule has 5 heteroatoms. The Hall–Kier alpha value is -4.15. The highest BCUT2D eigenvalue weighted by molar-refractivity contribution is 6.31. The van der Waals surface area contributed by atoms with Crippen LogP contribution in [-0.4, -0.2) is 25.8 Å². The van der Waals surface area contributed by atoms with Gasteiger partial charge in [0, 0.05) is 36.1 Å². The highest BCUT2D eigenvalue weighted by Crippen LogP contribution is 2.30. The van der Waals surface area contributed by atoms with Gasteiger partial charge in [-0.1, -0.05) is 72.3 Å². The van der Waals surface area contributed by atoms with E-state index in [1.165, 1.54) is 13.0 Å². The summed E-state index contributed by atoms with van der Waals surface area (Å²) < 4.78 is 0. The van der Waals surface area contributed by atoms with Gasteiger partial charge in [0.15, 0.2) is 5.78 Å². The summed E-state index contributed by atoms with van der Waals surface area (Å²) in [4.78, 5) is 28.8. The second-order valence-corrected chi connectivity index (χ2v) is 9.45. The van der Waals surface area contributed by atoms with Gasteiger partial charge >= 0.3 is 0 Å². The van der Waals surface area contributed by atoms with Gasteiger partial charge in [-0.25, -0.2) is 0 Å². The number of carbonyl (C=O) groups excluding carboxylic acids is 2. The molecule has 0 atom stereocenters. The first-order valence-corrected chi connectivity index (χ1v) is 12.4. The summed E-state index contributed by atoms with van der Waals surface area (Å²) in [6, 6.07) is 31.0. The summed E-state index contributed by atoms with van der Waals surface area (Å²) in [5.41, 5.74) is 6.19. The Morgan fingerprint density at radius 2 is 1.49 bits per heavy atom. The third kappa shape index (κ3) is 6.54. The van der Waals surface area contributed by atoms with Crippen molar-refractivity contribution in [2.24, 2.45) is 0 Å². The minimum Gasteiger partial charge on any atom is -0.378 e. The molecule has 0 heterocycles. The van der Waals surface area contributed by atoms with Crippen LogP contribution in [0.5, 0.6) is 0 Å². The number of hydrogen-bond acceptors (Lipinski definition) is 3. The predicted octanol–water partition coefficient (Wildman–Crippen LogP) is 7.52. The average molecular weight is 509 g/mol. The Balaban J connectivity index is 1.67. The molecule has 0 radical (unpaired) electrons. The first-order chi connectivity index (χ1) is 17.8. The number of amides is 1. The quantitative estimate of drug-likeness (QED) is 0.231. The number of benzene rings is 4. The molecule has 0 saturated heterocycles. The van der Waals surface area contributed by atoms with Crippen LogP contribution in [0.4, 0.5) is 11.4 Å². The van der Waals surface area contributed by atoms with Crippen LogP contribution in [0.15, 0.2) is 103 Å². The number of hydrogen-bond donors (Lipinski definition) is 0. The van der Waals surface area contributed by atoms with Crippen molar-refractivity contribution < 1.29 is 9.59 Å². The van der Waals surface area contributed by atoms with E-state index >= 15 is 0 Å². The molecule has 4 aromatic rings. The largest absolute Gasteiger partial charge is 0.378 e. The number of anilines is 2. The summed E-state index contributed by atoms with van der Waals surface area (Å²) in [5.74, 6) is -0.168. The molecule has 4 rings (SSSR count). The molecule has 0 aliphatic carbocycles. The molecule has 0 spiro atoms. The van der Waals surface area contributed by atoms with Gasteiger partial charge in [-0.05, 0) is 77.7 Å². The van der Waals surface area contributed by atoms with E-state index in [2.05, 4.69) is 29.2 Å². The number of carbonyl (C=O) groups is 2. The van der Waals surface area contributed by atoms with Crippen molar-refractivity contribution in [2.75, 3.05) is 23.9 Å². The Morgan fingerprint density at radius 3 is 2.14 bits per heavy atom. The Bertz CT molecular complexity index is 1430. The van der Waals surface area contributed by atoms with E-state index in [4.69, 9.17) is 11.6 Å². The SMILES string of the molecule is CC(=O)/C=C/c1cccc(N(Cc2ccc(-c3ccc(N(C)C)cc3)cc2Cl)C(=O)c2ccccc2)c1. The van der Waals surface area contributed by atoms with Crippen molar-refractivity contribution in [3.8, 4) is 11.1 Å². The van der Waals surface area contributed by atoms with Gasteiger partial charge in [-0.15, -0.1) is 0 Å². The number of ketones is 1. The van der Waals surface area contributed by atoms with Crippen molar-refractivity contribution in [1.82, 2.24) is 0 Å². The molecule has 37 heavy (non-hydrogen) atoms. The van der Waals surface area contributed by atoms with Crippen molar-refractivity contribution in [1.29, 1.82) is 0 Å². The summed E-state index contributed by atoms with van der Waals surface area (Å²) in [6.07, 6.45) is 3.27. The van der Waals surface area contributed by atoms with Crippen LogP contribution in [0.1, 0.15) is 28.4 Å². The molecule has 0 saturated carbocycles. The van der Waals surface area contributed by atoms with Crippen LogP contribution in [0.25, 0.3) is 17.2 Å². The molecular formula is C32H29ClN2O2. The fourth-order valence-electron chi connectivity index (χ4n) is 4.00. The lowest BCUT2D eigenvalue weighted by Gasteiger charge is -2.24. The van der Waals surface area contributed by atoms with Crippen LogP contribution >= 0.6 is 11.6 Å². The average Bonchev–Trinajstić information content (AvgIpc) is 2.91. The highest BCUT2D eigenvalue weighted by Gasteiger charge is 2.20. The third-order valence-corrected chi connectivity index (χ3v) is 6.41. The molecule has 1 amide bonds. The topological polar surface area (TPSA) is 40.6 Å². The molecule has 4 nitrogen and oxygen atoms in total. The molecule has 0 aromatic heterocycles. The maximum atomic E-state index is 13.6. The van der Waals surface area contributed by atoms with E-state index in [1.807, 2.05) is 74.8 Å². The maximum absolute atomic E-state index is 13.6. The van der Waals surface area contributed by atoms with E-state index in [0.29, 0.717) is 17.1 Å². The van der Waals surface area contributed by atoms with Crippen LogP contribution in [0, 0.1) is 0 Å². The van der Waals surface area contributed by atoms with E-state index in [-0.39, 0.29) is 11.7 Å². The zero-order chi connectivity index (χ0) is 26.4. The molecular weight excluding hydrogens is 480 g/mol. The lowest BCUT2D eigenvalue weighted by atomic mass is 10.0. The fraction of sp³-hybridized carbons (Fsp3) is 0.125. The summed E-state index contributed by atoms with van der Waals surface area (Å²) in [5, 5.41) is 0.590. The van der Waals surface area contributed by atoms with Crippen molar-refractivity contribution in [3.05, 3.63) is 125 Å². The molecule has 0 fully saturated rings. The lowest BCUT2D eigenvalue weighted by molar-refractivity contribution is -0.112. The number of rotatable bonds is 8. The first kappa shape index (κ1) is 25.9. The van der Waals surface area contributed by atoms with Crippen molar-refractivity contribution >= 4 is 40.7 Å². The number of allylic oxidation sites excluding steroid dienone is 1. The van der Waals surface area contributed by atoms with Gasteiger partial charge in [0.2, 0.25) is 0 Å². The second-order valence-electron chi connectivity index (χ2n) is 9.04. The van der Waals surface area contributed by atoms with Crippen LogP contribution < -0.4 is 9.80 Å². The highest BCUT2D eigenvalue weighted by atomic mass is 35.5. The summed E-state index contributed by atoms with van der Waals surface area (Å²) >= 11 is 6.76. The third-order valence-electron chi connectivity index (χ3n) is 6.06. The van der Waals surface area contributed by atoms with Gasteiger partial charge in [-0.3, -0.25) is 9.59 Å². The second kappa shape index (κ2) is 11.7. The number of nitrogens with zero attached hydrogens (tertiary/aromatic N) is 2. The normalized spacial score (nSPS) is 10.9. The fourth-order valence-corrected chi connectivity index (χ4v) is 4.24. The molecule has 0 unspecified atom stereocenters. The van der Waals surface area contributed by atoms with Gasteiger partial charge < -0.3 is 9.80 Å². The predicted molar refractivity (Wildman–Crippen MR) is 154 cm³/mol. The van der Waals surface area contributed by atoms with Crippen LogP contribution in [0.3, 0.4) is 0 Å². The van der Waals surface area contributed by atoms with Gasteiger partial charge in [0.1, 0.15) is 0 Å². The van der Waals surface area contributed by atoms with Gasteiger partial charge in [0.25, 0.3) is 5.91 Å². The minimum atomic E-state index is -0.132. The zero-order valence-electron chi connectivity index (χ0n) is 21.2. The van der Waals surface area contributed by atoms with E-state index < -0.39 is 0 Å². The smallest absolute Gasteiger partial charge is 0.258 e. The van der Waals surface area contributed by atoms with E-state index in [9.17, 15) is 9.59 Å². The molecule has 0 bridgehead atoms. The molecule has 0 aliphatic rings. The first-order valence-electron chi connectivity index (χ1n) is 12.0. The van der Waals surface area contributed by atoms with Crippen LogP contribution in [0.2, 0.25) is 5.02 Å². The lowest BCUT2D eigenvalue weighted by Crippen LogP contribution is -2.30. The van der Waals surface area contributed by atoms with Crippen molar-refractivity contribution in [2.45, 2.75) is 13.5 Å². The Morgan fingerprint density at radius 1 is 0.784 bits per heavy atom. The standard InChI is InChI=1S/C32H29ClN2O2/c1-23(36)12-13-24-8-7-11-30(20-24)35(32(37)26-9-5-4-6-10-26)22-28-15-14-27(21-31(28)33)25-16-18-29(19-17-25)34(2)3/h4-21H,22H2,1-3H3/b13-12+. The maximum Gasteiger partial charge on any atom is 0.258 e. The van der Waals surface area contributed by atoms with E-state index in [0.717, 1.165) is 33.6 Å². The monoisotopic (exact) mass is 508 g/mol. The minimum absolute atomic E-state index is 0.0363. The molecule has 0 N–H and O–H groups in total. The van der Waals surface area contributed by atoms with Gasteiger partial charge in [0.05, 0.1) is 6.54 Å². The van der Waals surface area contributed by atoms with Gasteiger partial charge in [-0.2, -0.15) is 0 Å². The summed E-state index contributed by atoms with van der Waals surface area (Å²) in [7, 11) is 4.02. The molecule has 186 valence electrons. The van der Waals surface area contributed by atoms with Crippen LogP contribution in [-0.2, 0) is 11.3 Å². The number of halogens is 1. The summed E-state index contributed by atoms with van der Waals surface area (Å²) in [6.45, 7) is 1.81. The Kier molecular flexibility index (Phi) is 8.22. The molecule has 4 aromatic carbocycles. The van der Waals surface area contributed by atoms with E-state index in [1.54, 1.807) is 23.1 Å². The molecule has 0 aliphatic heterocycles. The zero-order valence-corrected chi connectivity index (χ0v) is 21.9.